The Hall–Kier alpha value is -2.60. The maximum absolute atomic E-state index is 13.4. The minimum Gasteiger partial charge on any atom is -0.505 e. The number of guanidine groups is 1. The van der Waals surface area contributed by atoms with Gasteiger partial charge in [0.25, 0.3) is 0 Å². The predicted octanol–water partition coefficient (Wildman–Crippen LogP) is 2.49. The third kappa shape index (κ3) is 5.46. The van der Waals surface area contributed by atoms with Crippen LogP contribution in [0.2, 0.25) is 0 Å². The van der Waals surface area contributed by atoms with Gasteiger partial charge in [-0.25, -0.2) is 9.38 Å². The molecule has 1 unspecified atom stereocenters. The molecule has 1 atom stereocenters. The molecular formula is C19H24FN3O2. The first kappa shape index (κ1) is 18.7. The SMILES string of the molecule is CCNC(=NCc1ccc(O)c(F)c1)NCC(C)(O)c1ccccc1. The van der Waals surface area contributed by atoms with Gasteiger partial charge in [-0.3, -0.25) is 0 Å². The lowest BCUT2D eigenvalue weighted by molar-refractivity contribution is 0.0617. The van der Waals surface area contributed by atoms with Gasteiger partial charge in [0.05, 0.1) is 13.1 Å². The first-order valence-corrected chi connectivity index (χ1v) is 8.20. The van der Waals surface area contributed by atoms with E-state index in [1.165, 1.54) is 12.1 Å². The summed E-state index contributed by atoms with van der Waals surface area (Å²) >= 11 is 0. The summed E-state index contributed by atoms with van der Waals surface area (Å²) in [6, 6.07) is 13.6. The highest BCUT2D eigenvalue weighted by atomic mass is 19.1. The minimum atomic E-state index is -1.05. The number of halogens is 1. The van der Waals surface area contributed by atoms with Gasteiger partial charge in [-0.1, -0.05) is 36.4 Å². The number of aliphatic imine (C=N–C) groups is 1. The van der Waals surface area contributed by atoms with Crippen LogP contribution in [0.1, 0.15) is 25.0 Å². The van der Waals surface area contributed by atoms with Crippen LogP contribution in [0.5, 0.6) is 5.75 Å². The molecule has 0 aromatic heterocycles. The molecule has 6 heteroatoms. The number of aliphatic hydroxyl groups is 1. The Morgan fingerprint density at radius 2 is 1.88 bits per heavy atom. The molecular weight excluding hydrogens is 321 g/mol. The number of nitrogens with one attached hydrogen (secondary N) is 2. The Labute approximate surface area is 147 Å². The molecule has 0 radical (unpaired) electrons. The maximum Gasteiger partial charge on any atom is 0.191 e. The normalized spacial score (nSPS) is 14.0. The van der Waals surface area contributed by atoms with Crippen molar-refractivity contribution in [2.75, 3.05) is 13.1 Å². The number of hydrogen-bond donors (Lipinski definition) is 4. The smallest absolute Gasteiger partial charge is 0.191 e. The van der Waals surface area contributed by atoms with Gasteiger partial charge in [0.2, 0.25) is 0 Å². The Kier molecular flexibility index (Phi) is 6.36. The van der Waals surface area contributed by atoms with Crippen molar-refractivity contribution in [1.82, 2.24) is 10.6 Å². The summed E-state index contributed by atoms with van der Waals surface area (Å²) < 4.78 is 13.4. The number of nitrogens with zero attached hydrogens (tertiary/aromatic N) is 1. The monoisotopic (exact) mass is 345 g/mol. The van der Waals surface area contributed by atoms with E-state index in [1.807, 2.05) is 37.3 Å². The van der Waals surface area contributed by atoms with Crippen LogP contribution in [-0.4, -0.2) is 29.3 Å². The van der Waals surface area contributed by atoms with Crippen LogP contribution in [0.25, 0.3) is 0 Å². The Bertz CT molecular complexity index is 718. The third-order valence-corrected chi connectivity index (χ3v) is 3.77. The van der Waals surface area contributed by atoms with Crippen LogP contribution in [0.4, 0.5) is 4.39 Å². The van der Waals surface area contributed by atoms with Crippen molar-refractivity contribution < 1.29 is 14.6 Å². The molecule has 0 saturated heterocycles. The van der Waals surface area contributed by atoms with Crippen molar-refractivity contribution in [2.24, 2.45) is 4.99 Å². The quantitative estimate of drug-likeness (QED) is 0.479. The van der Waals surface area contributed by atoms with Crippen molar-refractivity contribution in [1.29, 1.82) is 0 Å². The highest BCUT2D eigenvalue weighted by molar-refractivity contribution is 5.79. The van der Waals surface area contributed by atoms with Gasteiger partial charge in [-0.05, 0) is 37.1 Å². The predicted molar refractivity (Wildman–Crippen MR) is 96.9 cm³/mol. The Morgan fingerprint density at radius 3 is 2.52 bits per heavy atom. The number of benzene rings is 2. The molecule has 0 amide bonds. The second-order valence-corrected chi connectivity index (χ2v) is 5.97. The molecule has 134 valence electrons. The zero-order valence-electron chi connectivity index (χ0n) is 14.5. The van der Waals surface area contributed by atoms with E-state index in [0.717, 1.165) is 5.56 Å². The number of hydrogen-bond acceptors (Lipinski definition) is 3. The lowest BCUT2D eigenvalue weighted by Crippen LogP contribution is -2.44. The average Bonchev–Trinajstić information content (AvgIpc) is 2.61. The van der Waals surface area contributed by atoms with E-state index in [0.29, 0.717) is 18.1 Å². The van der Waals surface area contributed by atoms with Crippen LogP contribution in [-0.2, 0) is 12.1 Å². The summed E-state index contributed by atoms with van der Waals surface area (Å²) in [5.41, 5.74) is 0.392. The average molecular weight is 345 g/mol. The van der Waals surface area contributed by atoms with Gasteiger partial charge in [-0.2, -0.15) is 0 Å². The summed E-state index contributed by atoms with van der Waals surface area (Å²) in [5.74, 6) is -0.526. The highest BCUT2D eigenvalue weighted by Crippen LogP contribution is 2.19. The van der Waals surface area contributed by atoms with Crippen LogP contribution >= 0.6 is 0 Å². The summed E-state index contributed by atoms with van der Waals surface area (Å²) in [6.45, 7) is 4.84. The van der Waals surface area contributed by atoms with Crippen LogP contribution in [0.15, 0.2) is 53.5 Å². The zero-order valence-corrected chi connectivity index (χ0v) is 14.5. The highest BCUT2D eigenvalue weighted by Gasteiger charge is 2.22. The molecule has 0 fully saturated rings. The molecule has 0 bridgehead atoms. The second kappa shape index (κ2) is 8.48. The number of aromatic hydroxyl groups is 1. The van der Waals surface area contributed by atoms with E-state index in [1.54, 1.807) is 13.0 Å². The maximum atomic E-state index is 13.4. The summed E-state index contributed by atoms with van der Waals surface area (Å²) in [4.78, 5) is 4.39. The van der Waals surface area contributed by atoms with Crippen molar-refractivity contribution >= 4 is 5.96 Å². The molecule has 0 saturated carbocycles. The summed E-state index contributed by atoms with van der Waals surface area (Å²) in [6.07, 6.45) is 0. The zero-order chi connectivity index (χ0) is 18.3. The molecule has 4 N–H and O–H groups in total. The number of phenols is 1. The largest absolute Gasteiger partial charge is 0.505 e. The van der Waals surface area contributed by atoms with Crippen LogP contribution < -0.4 is 10.6 Å². The summed E-state index contributed by atoms with van der Waals surface area (Å²) in [7, 11) is 0. The molecule has 2 aromatic rings. The van der Waals surface area contributed by atoms with Gasteiger partial charge >= 0.3 is 0 Å². The standard InChI is InChI=1S/C19H24FN3O2/c1-3-21-18(22-12-14-9-10-17(24)16(20)11-14)23-13-19(2,25)15-7-5-4-6-8-15/h4-11,24-25H,3,12-13H2,1-2H3,(H2,21,22,23). The van der Waals surface area contributed by atoms with Crippen molar-refractivity contribution in [2.45, 2.75) is 26.0 Å². The van der Waals surface area contributed by atoms with Gasteiger partial charge in [0.15, 0.2) is 17.5 Å². The van der Waals surface area contributed by atoms with Gasteiger partial charge in [-0.15, -0.1) is 0 Å². The molecule has 0 aliphatic rings. The molecule has 5 nitrogen and oxygen atoms in total. The van der Waals surface area contributed by atoms with E-state index >= 15 is 0 Å². The van der Waals surface area contributed by atoms with Crippen LogP contribution in [0, 0.1) is 5.82 Å². The lowest BCUT2D eigenvalue weighted by Gasteiger charge is -2.25. The fourth-order valence-corrected chi connectivity index (χ4v) is 2.32. The molecule has 2 rings (SSSR count). The van der Waals surface area contributed by atoms with E-state index in [4.69, 9.17) is 0 Å². The van der Waals surface area contributed by atoms with Gasteiger partial charge in [0, 0.05) is 6.54 Å². The topological polar surface area (TPSA) is 76.9 Å². The van der Waals surface area contributed by atoms with Crippen LogP contribution in [0.3, 0.4) is 0 Å². The first-order chi connectivity index (χ1) is 11.9. The van der Waals surface area contributed by atoms with Gasteiger partial charge in [0.1, 0.15) is 5.60 Å². The van der Waals surface area contributed by atoms with Gasteiger partial charge < -0.3 is 20.8 Å². The molecule has 2 aromatic carbocycles. The Balaban J connectivity index is 2.03. The first-order valence-electron chi connectivity index (χ1n) is 8.20. The van der Waals surface area contributed by atoms with Crippen molar-refractivity contribution in [3.8, 4) is 5.75 Å². The Morgan fingerprint density at radius 1 is 1.16 bits per heavy atom. The number of rotatable bonds is 6. The minimum absolute atomic E-state index is 0.250. The lowest BCUT2D eigenvalue weighted by atomic mass is 9.96. The van der Waals surface area contributed by atoms with E-state index in [2.05, 4.69) is 15.6 Å². The van der Waals surface area contributed by atoms with Crippen molar-refractivity contribution in [3.05, 3.63) is 65.5 Å². The van der Waals surface area contributed by atoms with Crippen molar-refractivity contribution in [3.63, 3.8) is 0 Å². The fourth-order valence-electron chi connectivity index (χ4n) is 2.32. The third-order valence-electron chi connectivity index (χ3n) is 3.77. The fraction of sp³-hybridized carbons (Fsp3) is 0.316. The number of phenolic OH excluding ortho intramolecular Hbond substituents is 1. The van der Waals surface area contributed by atoms with E-state index in [-0.39, 0.29) is 18.8 Å². The molecule has 0 heterocycles. The molecule has 25 heavy (non-hydrogen) atoms. The molecule has 0 spiro atoms. The van der Waals surface area contributed by atoms with E-state index < -0.39 is 11.4 Å². The molecule has 0 aliphatic carbocycles. The molecule has 0 aliphatic heterocycles. The second-order valence-electron chi connectivity index (χ2n) is 5.97. The van der Waals surface area contributed by atoms with E-state index in [9.17, 15) is 14.6 Å². The summed E-state index contributed by atoms with van der Waals surface area (Å²) in [5, 5.41) is 26.0.